The number of benzene rings is 1. The number of halogens is 1. The maximum atomic E-state index is 12.6. The normalized spacial score (nSPS) is 18.9. The minimum atomic E-state index is 0.0401. The van der Waals surface area contributed by atoms with Crippen LogP contribution in [0.1, 0.15) is 36.2 Å². The van der Waals surface area contributed by atoms with Crippen LogP contribution in [0.15, 0.2) is 34.7 Å². The molecule has 0 saturated carbocycles. The van der Waals surface area contributed by atoms with E-state index in [4.69, 9.17) is 4.42 Å². The summed E-state index contributed by atoms with van der Waals surface area (Å²) in [5, 5.41) is 1.99. The topological polar surface area (TPSA) is 33.5 Å². The molecule has 0 bridgehead atoms. The van der Waals surface area contributed by atoms with E-state index >= 15 is 0 Å². The molecule has 1 saturated heterocycles. The third-order valence-corrected chi connectivity index (χ3v) is 4.51. The van der Waals surface area contributed by atoms with Gasteiger partial charge >= 0.3 is 0 Å². The highest BCUT2D eigenvalue weighted by Gasteiger charge is 2.30. The van der Waals surface area contributed by atoms with Crippen LogP contribution in [-0.2, 0) is 0 Å². The second kappa shape index (κ2) is 6.00. The van der Waals surface area contributed by atoms with Gasteiger partial charge in [0.25, 0.3) is 5.91 Å². The van der Waals surface area contributed by atoms with E-state index < -0.39 is 0 Å². The van der Waals surface area contributed by atoms with E-state index in [1.807, 2.05) is 35.2 Å². The summed E-state index contributed by atoms with van der Waals surface area (Å²) in [6.45, 7) is 0.850. The predicted octanol–water partition coefficient (Wildman–Crippen LogP) is 4.21. The van der Waals surface area contributed by atoms with E-state index in [0.717, 1.165) is 48.5 Å². The zero-order valence-electron chi connectivity index (χ0n) is 11.3. The van der Waals surface area contributed by atoms with Crippen molar-refractivity contribution in [2.75, 3.05) is 11.9 Å². The molecule has 0 N–H and O–H groups in total. The van der Waals surface area contributed by atoms with Crippen molar-refractivity contribution in [1.82, 2.24) is 4.90 Å². The third-order valence-electron chi connectivity index (χ3n) is 3.95. The van der Waals surface area contributed by atoms with Gasteiger partial charge in [0.15, 0.2) is 5.76 Å². The van der Waals surface area contributed by atoms with Crippen molar-refractivity contribution in [3.8, 4) is 0 Å². The lowest BCUT2D eigenvalue weighted by Gasteiger charge is -2.23. The Bertz CT molecular complexity index is 574. The van der Waals surface area contributed by atoms with Crippen LogP contribution in [0.4, 0.5) is 0 Å². The fourth-order valence-corrected chi connectivity index (χ4v) is 3.27. The first-order valence-corrected chi connectivity index (χ1v) is 8.27. The van der Waals surface area contributed by atoms with E-state index in [1.54, 1.807) is 0 Å². The lowest BCUT2D eigenvalue weighted by molar-refractivity contribution is 0.0700. The number of para-hydroxylation sites is 1. The summed E-state index contributed by atoms with van der Waals surface area (Å²) in [6.07, 6.45) is 4.38. The molecular weight excluding hydrogens is 318 g/mol. The van der Waals surface area contributed by atoms with Crippen molar-refractivity contribution in [1.29, 1.82) is 0 Å². The Kier molecular flexibility index (Phi) is 4.10. The largest absolute Gasteiger partial charge is 0.451 e. The van der Waals surface area contributed by atoms with Crippen molar-refractivity contribution in [3.63, 3.8) is 0 Å². The molecule has 1 unspecified atom stereocenters. The molecule has 1 fully saturated rings. The van der Waals surface area contributed by atoms with Gasteiger partial charge in [-0.25, -0.2) is 0 Å². The number of hydrogen-bond acceptors (Lipinski definition) is 2. The van der Waals surface area contributed by atoms with E-state index in [0.29, 0.717) is 11.8 Å². The first kappa shape index (κ1) is 13.7. The summed E-state index contributed by atoms with van der Waals surface area (Å²) in [5.74, 6) is 0.509. The molecule has 3 nitrogen and oxygen atoms in total. The molecule has 0 aliphatic carbocycles. The summed E-state index contributed by atoms with van der Waals surface area (Å²) < 4.78 is 5.69. The van der Waals surface area contributed by atoms with Crippen LogP contribution >= 0.6 is 15.9 Å². The number of carbonyl (C=O) groups is 1. The Balaban J connectivity index is 1.80. The molecule has 1 atom stereocenters. The van der Waals surface area contributed by atoms with Crippen LogP contribution in [-0.4, -0.2) is 28.7 Å². The summed E-state index contributed by atoms with van der Waals surface area (Å²) in [5.41, 5.74) is 0.784. The number of amides is 1. The van der Waals surface area contributed by atoms with E-state index in [2.05, 4.69) is 15.9 Å². The third kappa shape index (κ3) is 2.62. The summed E-state index contributed by atoms with van der Waals surface area (Å²) in [4.78, 5) is 14.6. The molecule has 2 aromatic rings. The molecule has 3 rings (SSSR count). The highest BCUT2D eigenvalue weighted by molar-refractivity contribution is 9.09. The predicted molar refractivity (Wildman–Crippen MR) is 83.3 cm³/mol. The van der Waals surface area contributed by atoms with Crippen molar-refractivity contribution in [2.24, 2.45) is 0 Å². The molecule has 1 amide bonds. The van der Waals surface area contributed by atoms with E-state index in [9.17, 15) is 4.79 Å². The molecule has 106 valence electrons. The maximum Gasteiger partial charge on any atom is 0.289 e. The van der Waals surface area contributed by atoms with Gasteiger partial charge in [-0.15, -0.1) is 0 Å². The van der Waals surface area contributed by atoms with Gasteiger partial charge in [-0.1, -0.05) is 34.1 Å². The maximum absolute atomic E-state index is 12.6. The quantitative estimate of drug-likeness (QED) is 0.784. The fourth-order valence-electron chi connectivity index (χ4n) is 2.94. The van der Waals surface area contributed by atoms with Gasteiger partial charge in [-0.05, 0) is 37.8 Å². The van der Waals surface area contributed by atoms with Crippen molar-refractivity contribution in [2.45, 2.75) is 31.7 Å². The fraction of sp³-hybridized carbons (Fsp3) is 0.438. The number of furan rings is 1. The zero-order valence-corrected chi connectivity index (χ0v) is 12.9. The minimum absolute atomic E-state index is 0.0401. The Morgan fingerprint density at radius 2 is 2.25 bits per heavy atom. The standard InChI is InChI=1S/C16H18BrNO2/c17-9-3-6-13-7-4-10-18(13)16(19)15-11-12-5-1-2-8-14(12)20-15/h1-2,5,8,11,13H,3-4,6-7,9-10H2. The van der Waals surface area contributed by atoms with Crippen LogP contribution in [0.5, 0.6) is 0 Å². The van der Waals surface area contributed by atoms with Crippen LogP contribution in [0.3, 0.4) is 0 Å². The summed E-state index contributed by atoms with van der Waals surface area (Å²) in [6, 6.07) is 9.99. The highest BCUT2D eigenvalue weighted by Crippen LogP contribution is 2.26. The van der Waals surface area contributed by atoms with Gasteiger partial charge in [0, 0.05) is 23.3 Å². The first-order valence-electron chi connectivity index (χ1n) is 7.15. The lowest BCUT2D eigenvalue weighted by Crippen LogP contribution is -2.35. The lowest BCUT2D eigenvalue weighted by atomic mass is 10.1. The zero-order chi connectivity index (χ0) is 13.9. The highest BCUT2D eigenvalue weighted by atomic mass is 79.9. The molecular formula is C16H18BrNO2. The molecule has 0 spiro atoms. The van der Waals surface area contributed by atoms with Gasteiger partial charge < -0.3 is 9.32 Å². The molecule has 0 radical (unpaired) electrons. The molecule has 1 aliphatic heterocycles. The summed E-state index contributed by atoms with van der Waals surface area (Å²) in [7, 11) is 0. The van der Waals surface area contributed by atoms with Crippen molar-refractivity contribution in [3.05, 3.63) is 36.1 Å². The Hall–Kier alpha value is -1.29. The minimum Gasteiger partial charge on any atom is -0.451 e. The molecule has 20 heavy (non-hydrogen) atoms. The van der Waals surface area contributed by atoms with Crippen LogP contribution in [0.2, 0.25) is 0 Å². The number of fused-ring (bicyclic) bond motifs is 1. The second-order valence-electron chi connectivity index (χ2n) is 5.27. The second-order valence-corrected chi connectivity index (χ2v) is 6.07. The van der Waals surface area contributed by atoms with Gasteiger partial charge in [0.05, 0.1) is 0 Å². The Labute approximate surface area is 127 Å². The van der Waals surface area contributed by atoms with Gasteiger partial charge in [0.1, 0.15) is 5.58 Å². The van der Waals surface area contributed by atoms with Gasteiger partial charge in [-0.3, -0.25) is 4.79 Å². The molecule has 1 aromatic carbocycles. The number of carbonyl (C=O) groups excluding carboxylic acids is 1. The van der Waals surface area contributed by atoms with E-state index in [1.165, 1.54) is 0 Å². The summed E-state index contributed by atoms with van der Waals surface area (Å²) >= 11 is 3.46. The average molecular weight is 336 g/mol. The number of alkyl halides is 1. The first-order chi connectivity index (χ1) is 9.79. The molecule has 2 heterocycles. The number of rotatable bonds is 4. The number of nitrogens with zero attached hydrogens (tertiary/aromatic N) is 1. The van der Waals surface area contributed by atoms with Gasteiger partial charge in [0.2, 0.25) is 0 Å². The van der Waals surface area contributed by atoms with Crippen LogP contribution in [0.25, 0.3) is 11.0 Å². The van der Waals surface area contributed by atoms with E-state index in [-0.39, 0.29) is 5.91 Å². The average Bonchev–Trinajstić information content (AvgIpc) is 3.10. The van der Waals surface area contributed by atoms with Crippen LogP contribution in [0, 0.1) is 0 Å². The number of likely N-dealkylation sites (tertiary alicyclic amines) is 1. The Morgan fingerprint density at radius 1 is 1.40 bits per heavy atom. The van der Waals surface area contributed by atoms with Crippen LogP contribution < -0.4 is 0 Å². The molecule has 1 aromatic heterocycles. The SMILES string of the molecule is O=C(c1cc2ccccc2o1)N1CCCC1CCCBr. The smallest absolute Gasteiger partial charge is 0.289 e. The van der Waals surface area contributed by atoms with Crippen molar-refractivity contribution < 1.29 is 9.21 Å². The van der Waals surface area contributed by atoms with Gasteiger partial charge in [-0.2, -0.15) is 0 Å². The Morgan fingerprint density at radius 3 is 3.05 bits per heavy atom. The number of hydrogen-bond donors (Lipinski definition) is 0. The van der Waals surface area contributed by atoms with Crippen molar-refractivity contribution >= 4 is 32.8 Å². The monoisotopic (exact) mass is 335 g/mol. The molecule has 4 heteroatoms. The molecule has 1 aliphatic rings.